The lowest BCUT2D eigenvalue weighted by atomic mass is 10.3. The van der Waals surface area contributed by atoms with E-state index < -0.39 is 10.0 Å². The van der Waals surface area contributed by atoms with Gasteiger partial charge in [-0.3, -0.25) is 0 Å². The van der Waals surface area contributed by atoms with Gasteiger partial charge in [-0.1, -0.05) is 23.2 Å². The van der Waals surface area contributed by atoms with E-state index in [1.54, 1.807) is 11.9 Å². The number of hydrogen-bond acceptors (Lipinski definition) is 3. The Morgan fingerprint density at radius 3 is 2.42 bits per heavy atom. The van der Waals surface area contributed by atoms with Crippen LogP contribution in [0.5, 0.6) is 0 Å². The van der Waals surface area contributed by atoms with Crippen molar-refractivity contribution < 1.29 is 8.42 Å². The van der Waals surface area contributed by atoms with Gasteiger partial charge < -0.3 is 4.90 Å². The molecule has 0 radical (unpaired) electrons. The Balaban J connectivity index is 2.67. The number of nitrogens with zero attached hydrogens (tertiary/aromatic N) is 2. The van der Waals surface area contributed by atoms with Crippen molar-refractivity contribution in [3.8, 4) is 0 Å². The molecular formula is C11H13Cl2N3O2S. The number of halogens is 2. The number of anilines is 1. The van der Waals surface area contributed by atoms with Gasteiger partial charge in [0.2, 0.25) is 5.96 Å². The molecule has 104 valence electrons. The van der Waals surface area contributed by atoms with Gasteiger partial charge in [0.15, 0.2) is 0 Å². The van der Waals surface area contributed by atoms with E-state index in [1.807, 2.05) is 13.8 Å². The van der Waals surface area contributed by atoms with Gasteiger partial charge in [-0.15, -0.1) is 0 Å². The van der Waals surface area contributed by atoms with Crippen molar-refractivity contribution in [3.63, 3.8) is 0 Å². The molecule has 1 aliphatic heterocycles. The van der Waals surface area contributed by atoms with E-state index in [4.69, 9.17) is 23.2 Å². The molecule has 0 spiro atoms. The number of benzene rings is 1. The number of nitrogens with one attached hydrogen (secondary N) is 1. The molecule has 8 heteroatoms. The summed E-state index contributed by atoms with van der Waals surface area (Å²) in [7, 11) is -1.96. The third-order valence-corrected chi connectivity index (χ3v) is 4.66. The molecule has 0 aromatic heterocycles. The Bertz CT molecular complexity index is 656. The molecule has 0 amide bonds. The molecule has 0 unspecified atom stereocenters. The van der Waals surface area contributed by atoms with Gasteiger partial charge in [-0.2, -0.15) is 0 Å². The second-order valence-corrected chi connectivity index (χ2v) is 6.91. The van der Waals surface area contributed by atoms with Crippen LogP contribution in [0.3, 0.4) is 0 Å². The molecule has 19 heavy (non-hydrogen) atoms. The molecular weight excluding hydrogens is 309 g/mol. The topological polar surface area (TPSA) is 61.8 Å². The lowest BCUT2D eigenvalue weighted by molar-refractivity contribution is 0.590. The van der Waals surface area contributed by atoms with Gasteiger partial charge in [0.1, 0.15) is 4.90 Å². The summed E-state index contributed by atoms with van der Waals surface area (Å²) >= 11 is 11.8. The van der Waals surface area contributed by atoms with Gasteiger partial charge in [0.25, 0.3) is 10.0 Å². The fourth-order valence-corrected chi connectivity index (χ4v) is 3.38. The molecule has 1 aliphatic rings. The zero-order valence-corrected chi connectivity index (χ0v) is 12.9. The van der Waals surface area contributed by atoms with Crippen LogP contribution >= 0.6 is 23.2 Å². The Hall–Kier alpha value is -0.980. The molecule has 5 nitrogen and oxygen atoms in total. The second kappa shape index (κ2) is 4.85. The molecule has 0 bridgehead atoms. The molecule has 2 rings (SSSR count). The summed E-state index contributed by atoms with van der Waals surface area (Å²) in [5, 5.41) is 0.497. The fourth-order valence-electron chi connectivity index (χ4n) is 1.71. The van der Waals surface area contributed by atoms with Crippen molar-refractivity contribution in [2.75, 3.05) is 11.9 Å². The van der Waals surface area contributed by atoms with Crippen molar-refractivity contribution in [1.82, 2.24) is 4.72 Å². The summed E-state index contributed by atoms with van der Waals surface area (Å²) in [5.74, 6) is 0.265. The lowest BCUT2D eigenvalue weighted by Crippen LogP contribution is -2.47. The average molecular weight is 322 g/mol. The Morgan fingerprint density at radius 1 is 1.26 bits per heavy atom. The first-order valence-electron chi connectivity index (χ1n) is 5.56. The van der Waals surface area contributed by atoms with E-state index in [0.717, 1.165) is 0 Å². The molecule has 0 saturated heterocycles. The van der Waals surface area contributed by atoms with Gasteiger partial charge >= 0.3 is 0 Å². The molecule has 1 N–H and O–H groups in total. The summed E-state index contributed by atoms with van der Waals surface area (Å²) in [6, 6.07) is 2.82. The van der Waals surface area contributed by atoms with Crippen LogP contribution in [0.25, 0.3) is 0 Å². The number of aliphatic imine (C=N–C) groups is 1. The molecule has 1 heterocycles. The van der Waals surface area contributed by atoms with E-state index in [1.165, 1.54) is 12.1 Å². The smallest absolute Gasteiger partial charge is 0.266 e. The number of sulfonamides is 1. The van der Waals surface area contributed by atoms with Crippen LogP contribution in [0.2, 0.25) is 10.0 Å². The van der Waals surface area contributed by atoms with Crippen LogP contribution in [0, 0.1) is 0 Å². The maximum Gasteiger partial charge on any atom is 0.266 e. The molecule has 0 fully saturated rings. The van der Waals surface area contributed by atoms with Crippen molar-refractivity contribution >= 4 is 44.9 Å². The van der Waals surface area contributed by atoms with E-state index in [9.17, 15) is 8.42 Å². The van der Waals surface area contributed by atoms with Crippen molar-refractivity contribution in [3.05, 3.63) is 22.2 Å². The highest BCUT2D eigenvalue weighted by Gasteiger charge is 2.31. The van der Waals surface area contributed by atoms with Gasteiger partial charge in [-0.25, -0.2) is 18.1 Å². The largest absolute Gasteiger partial charge is 0.314 e. The summed E-state index contributed by atoms with van der Waals surface area (Å²) in [4.78, 5) is 5.97. The molecule has 1 aromatic rings. The third kappa shape index (κ3) is 2.66. The van der Waals surface area contributed by atoms with Gasteiger partial charge in [0.05, 0.1) is 15.7 Å². The summed E-state index contributed by atoms with van der Waals surface area (Å²) in [5.41, 5.74) is 0.451. The van der Waals surface area contributed by atoms with Crippen LogP contribution < -0.4 is 9.62 Å². The zero-order chi connectivity index (χ0) is 14.4. The highest BCUT2D eigenvalue weighted by atomic mass is 35.5. The fraction of sp³-hybridized carbons (Fsp3) is 0.364. The molecule has 0 aliphatic carbocycles. The predicted octanol–water partition coefficient (Wildman–Crippen LogP) is 2.49. The first-order valence-corrected chi connectivity index (χ1v) is 7.79. The van der Waals surface area contributed by atoms with Crippen LogP contribution in [0.15, 0.2) is 22.0 Å². The third-order valence-electron chi connectivity index (χ3n) is 2.58. The van der Waals surface area contributed by atoms with Crippen LogP contribution in [-0.2, 0) is 10.0 Å². The van der Waals surface area contributed by atoms with Gasteiger partial charge in [-0.05, 0) is 26.0 Å². The highest BCUT2D eigenvalue weighted by molar-refractivity contribution is 7.90. The summed E-state index contributed by atoms with van der Waals surface area (Å²) in [6.45, 7) is 3.72. The van der Waals surface area contributed by atoms with Crippen molar-refractivity contribution in [1.29, 1.82) is 0 Å². The maximum absolute atomic E-state index is 12.2. The zero-order valence-electron chi connectivity index (χ0n) is 10.6. The minimum Gasteiger partial charge on any atom is -0.314 e. The number of rotatable bonds is 1. The predicted molar refractivity (Wildman–Crippen MR) is 77.8 cm³/mol. The summed E-state index contributed by atoms with van der Waals surface area (Å²) in [6.07, 6.45) is 0. The standard InChI is InChI=1S/C11H13Cl2N3O2S/c1-6(2)14-11-15-19(17,18)10-5-8(13)7(12)4-9(10)16(11)3/h4-6H,1-3H3,(H,14,15). The second-order valence-electron chi connectivity index (χ2n) is 4.45. The Morgan fingerprint density at radius 2 is 1.84 bits per heavy atom. The summed E-state index contributed by atoms with van der Waals surface area (Å²) < 4.78 is 26.7. The number of hydrogen-bond donors (Lipinski definition) is 1. The molecule has 1 aromatic carbocycles. The minimum absolute atomic E-state index is 0.0375. The number of guanidine groups is 1. The normalized spacial score (nSPS) is 19.5. The van der Waals surface area contributed by atoms with E-state index in [2.05, 4.69) is 9.71 Å². The van der Waals surface area contributed by atoms with E-state index >= 15 is 0 Å². The molecule has 0 saturated carbocycles. The Labute approximate surface area is 122 Å². The number of fused-ring (bicyclic) bond motifs is 1. The highest BCUT2D eigenvalue weighted by Crippen LogP contribution is 2.35. The first-order chi connectivity index (χ1) is 8.72. The lowest BCUT2D eigenvalue weighted by Gasteiger charge is -2.30. The Kier molecular flexibility index (Phi) is 3.68. The van der Waals surface area contributed by atoms with E-state index in [-0.39, 0.29) is 21.9 Å². The first kappa shape index (κ1) is 14.4. The molecule has 0 atom stereocenters. The van der Waals surface area contributed by atoms with E-state index in [0.29, 0.717) is 10.7 Å². The average Bonchev–Trinajstić information content (AvgIpc) is 2.27. The monoisotopic (exact) mass is 321 g/mol. The SMILES string of the molecule is CC(C)N=C1NS(=O)(=O)c2cc(Cl)c(Cl)cc2N1C. The van der Waals surface area contributed by atoms with Crippen LogP contribution in [0.4, 0.5) is 5.69 Å². The van der Waals surface area contributed by atoms with Crippen molar-refractivity contribution in [2.45, 2.75) is 24.8 Å². The quantitative estimate of drug-likeness (QED) is 0.864. The van der Waals surface area contributed by atoms with Crippen LogP contribution in [0.1, 0.15) is 13.8 Å². The minimum atomic E-state index is -3.67. The van der Waals surface area contributed by atoms with Crippen LogP contribution in [-0.4, -0.2) is 27.5 Å². The maximum atomic E-state index is 12.2. The van der Waals surface area contributed by atoms with Gasteiger partial charge in [0, 0.05) is 13.1 Å². The van der Waals surface area contributed by atoms with Crippen molar-refractivity contribution in [2.24, 2.45) is 4.99 Å².